The van der Waals surface area contributed by atoms with E-state index in [4.69, 9.17) is 23.2 Å². The van der Waals surface area contributed by atoms with Crippen LogP contribution in [0, 0.1) is 0 Å². The van der Waals surface area contributed by atoms with Crippen molar-refractivity contribution in [1.29, 1.82) is 0 Å². The number of hydrogen-bond donors (Lipinski definition) is 1. The third-order valence-corrected chi connectivity index (χ3v) is 7.87. The van der Waals surface area contributed by atoms with Gasteiger partial charge >= 0.3 is 0 Å². The van der Waals surface area contributed by atoms with Crippen molar-refractivity contribution in [2.75, 3.05) is 0 Å². The first kappa shape index (κ1) is 29.2. The number of hydrogen-bond acceptors (Lipinski definition) is 3. The highest BCUT2D eigenvalue weighted by atomic mass is 35.5. The maximum absolute atomic E-state index is 11.4. The van der Waals surface area contributed by atoms with Crippen LogP contribution in [0.25, 0.3) is 0 Å². The highest BCUT2D eigenvalue weighted by Crippen LogP contribution is 2.38. The molecule has 2 unspecified atom stereocenters. The van der Waals surface area contributed by atoms with Crippen LogP contribution in [0.4, 0.5) is 0 Å². The van der Waals surface area contributed by atoms with Crippen molar-refractivity contribution >= 4 is 23.2 Å². The molecule has 3 nitrogen and oxygen atoms in total. The number of halogens is 2. The second kappa shape index (κ2) is 13.1. The van der Waals surface area contributed by atoms with Crippen LogP contribution in [-0.2, 0) is 11.0 Å². The van der Waals surface area contributed by atoms with Crippen LogP contribution in [-0.4, -0.2) is 15.1 Å². The van der Waals surface area contributed by atoms with Gasteiger partial charge in [-0.15, -0.1) is 0 Å². The van der Waals surface area contributed by atoms with Crippen LogP contribution in [0.2, 0.25) is 10.0 Å². The molecule has 208 valence electrons. The first-order valence-electron chi connectivity index (χ1n) is 13.6. The average molecular weight is 590 g/mol. The van der Waals surface area contributed by atoms with Gasteiger partial charge in [0.2, 0.25) is 0 Å². The highest BCUT2D eigenvalue weighted by Gasteiger charge is 2.35. The van der Waals surface area contributed by atoms with Gasteiger partial charge in [-0.05, 0) is 77.7 Å². The van der Waals surface area contributed by atoms with E-state index in [0.717, 1.165) is 21.8 Å². The van der Waals surface area contributed by atoms with Gasteiger partial charge in [0.25, 0.3) is 0 Å². The van der Waals surface area contributed by atoms with Crippen molar-refractivity contribution in [3.8, 4) is 0 Å². The summed E-state index contributed by atoms with van der Waals surface area (Å²) in [6, 6.07) is 46.7. The molecule has 0 aliphatic rings. The monoisotopic (exact) mass is 588 g/mol. The van der Waals surface area contributed by atoms with E-state index in [2.05, 4.69) is 53.3 Å². The number of rotatable bonds is 6. The number of nitrogens with zero attached hydrogens (tertiary/aromatic N) is 2. The zero-order valence-corrected chi connectivity index (χ0v) is 24.6. The van der Waals surface area contributed by atoms with Gasteiger partial charge in [0.1, 0.15) is 0 Å². The van der Waals surface area contributed by atoms with Gasteiger partial charge in [0.05, 0.1) is 16.8 Å². The minimum absolute atomic E-state index is 0.326. The number of pyridine rings is 2. The lowest BCUT2D eigenvalue weighted by Crippen LogP contribution is -2.29. The molecule has 4 aromatic carbocycles. The lowest BCUT2D eigenvalue weighted by Gasteiger charge is -2.30. The zero-order valence-electron chi connectivity index (χ0n) is 23.1. The maximum atomic E-state index is 11.4. The lowest BCUT2D eigenvalue weighted by molar-refractivity contribution is 0.121. The molecule has 0 fully saturated rings. The third kappa shape index (κ3) is 6.14. The third-order valence-electron chi connectivity index (χ3n) is 7.40. The van der Waals surface area contributed by atoms with Gasteiger partial charge in [-0.3, -0.25) is 9.97 Å². The van der Waals surface area contributed by atoms with E-state index >= 15 is 0 Å². The fourth-order valence-electron chi connectivity index (χ4n) is 5.12. The molecule has 6 aromatic rings. The lowest BCUT2D eigenvalue weighted by atomic mass is 9.73. The maximum Gasteiger partial charge on any atom is 0.157 e. The van der Waals surface area contributed by atoms with Crippen LogP contribution in [0.3, 0.4) is 0 Å². The Bertz CT molecular complexity index is 1500. The number of benzene rings is 4. The van der Waals surface area contributed by atoms with E-state index in [-0.39, 0.29) is 5.41 Å². The Morgan fingerprint density at radius 3 is 1.45 bits per heavy atom. The fraction of sp³-hybridized carbons (Fsp3) is 0.0811. The Morgan fingerprint density at radius 2 is 0.929 bits per heavy atom. The molecule has 42 heavy (non-hydrogen) atoms. The Morgan fingerprint density at radius 1 is 0.476 bits per heavy atom. The Labute approximate surface area is 257 Å². The fourth-order valence-corrected chi connectivity index (χ4v) is 5.50. The van der Waals surface area contributed by atoms with Gasteiger partial charge in [-0.1, -0.05) is 120 Å². The van der Waals surface area contributed by atoms with Crippen LogP contribution >= 0.6 is 23.2 Å². The normalized spacial score (nSPS) is 13.6. The highest BCUT2D eigenvalue weighted by molar-refractivity contribution is 6.30. The van der Waals surface area contributed by atoms with Crippen LogP contribution in [0.5, 0.6) is 0 Å². The summed E-state index contributed by atoms with van der Waals surface area (Å²) < 4.78 is 0. The average Bonchev–Trinajstić information content (AvgIpc) is 3.06. The van der Waals surface area contributed by atoms with E-state index in [1.807, 2.05) is 103 Å². The summed E-state index contributed by atoms with van der Waals surface area (Å²) in [5.41, 5.74) is 3.72. The second-order valence-electron chi connectivity index (χ2n) is 10.0. The Balaban J connectivity index is 0.000000168. The second-order valence-corrected chi connectivity index (χ2v) is 10.9. The first-order valence-corrected chi connectivity index (χ1v) is 14.4. The molecular weight excluding hydrogens is 559 g/mol. The van der Waals surface area contributed by atoms with Gasteiger partial charge in [0.15, 0.2) is 5.60 Å². The van der Waals surface area contributed by atoms with E-state index in [1.165, 1.54) is 5.56 Å². The molecule has 0 aliphatic carbocycles. The van der Waals surface area contributed by atoms with Gasteiger partial charge in [-0.2, -0.15) is 0 Å². The summed E-state index contributed by atoms with van der Waals surface area (Å²) in [5.74, 6) is 0. The summed E-state index contributed by atoms with van der Waals surface area (Å²) in [4.78, 5) is 8.93. The van der Waals surface area contributed by atoms with Gasteiger partial charge in [-0.25, -0.2) is 0 Å². The molecule has 2 aromatic heterocycles. The van der Waals surface area contributed by atoms with Crippen molar-refractivity contribution in [3.05, 3.63) is 202 Å². The largest absolute Gasteiger partial charge is 0.374 e. The standard InChI is InChI=1S/C19H16ClN.C18H14ClNO/c1-19(15-8-3-2-4-9-15,18-12-5-6-13-21-18)16-10-7-11-17(20)14-16;19-16-10-6-9-15(13-16)18(21,14-7-2-1-3-8-14)17-11-4-5-12-20-17/h2-14H,1H3;1-13,21H. The molecule has 1 N–H and O–H groups in total. The minimum Gasteiger partial charge on any atom is -0.374 e. The predicted octanol–water partition coefficient (Wildman–Crippen LogP) is 9.11. The van der Waals surface area contributed by atoms with Gasteiger partial charge < -0.3 is 5.11 Å². The van der Waals surface area contributed by atoms with E-state index in [0.29, 0.717) is 16.3 Å². The van der Waals surface area contributed by atoms with Crippen molar-refractivity contribution in [2.24, 2.45) is 0 Å². The van der Waals surface area contributed by atoms with Crippen molar-refractivity contribution < 1.29 is 5.11 Å². The summed E-state index contributed by atoms with van der Waals surface area (Å²) in [7, 11) is 0. The number of aliphatic hydroxyl groups is 1. The van der Waals surface area contributed by atoms with Gasteiger partial charge in [0, 0.05) is 22.4 Å². The summed E-state index contributed by atoms with van der Waals surface area (Å²) in [6.07, 6.45) is 3.51. The molecule has 6 rings (SSSR count). The molecular formula is C37H30Cl2N2O. The molecule has 0 bridgehead atoms. The van der Waals surface area contributed by atoms with E-state index < -0.39 is 5.60 Å². The molecule has 5 heteroatoms. The van der Waals surface area contributed by atoms with E-state index in [1.54, 1.807) is 18.3 Å². The zero-order chi connectivity index (χ0) is 29.4. The number of aromatic nitrogens is 2. The quantitative estimate of drug-likeness (QED) is 0.211. The molecule has 0 saturated heterocycles. The van der Waals surface area contributed by atoms with Crippen molar-refractivity contribution in [1.82, 2.24) is 9.97 Å². The first-order chi connectivity index (χ1) is 20.4. The van der Waals surface area contributed by atoms with Crippen LogP contribution in [0.1, 0.15) is 40.6 Å². The van der Waals surface area contributed by atoms with Crippen molar-refractivity contribution in [3.63, 3.8) is 0 Å². The van der Waals surface area contributed by atoms with Crippen LogP contribution < -0.4 is 0 Å². The molecule has 0 aliphatic heterocycles. The Hall–Kier alpha value is -4.28. The topological polar surface area (TPSA) is 46.0 Å². The summed E-state index contributed by atoms with van der Waals surface area (Å²) in [6.45, 7) is 2.19. The smallest absolute Gasteiger partial charge is 0.157 e. The SMILES string of the molecule is CC(c1ccccc1)(c1cccc(Cl)c1)c1ccccn1.OC(c1ccccc1)(c1cccc(Cl)c1)c1ccccn1. The molecule has 0 spiro atoms. The molecule has 0 saturated carbocycles. The van der Waals surface area contributed by atoms with Crippen molar-refractivity contribution in [2.45, 2.75) is 17.9 Å². The molecule has 2 heterocycles. The summed E-state index contributed by atoms with van der Waals surface area (Å²) >= 11 is 12.3. The predicted molar refractivity (Wildman–Crippen MR) is 172 cm³/mol. The van der Waals surface area contributed by atoms with Crippen LogP contribution in [0.15, 0.2) is 158 Å². The molecule has 0 radical (unpaired) electrons. The van der Waals surface area contributed by atoms with E-state index in [9.17, 15) is 5.11 Å². The molecule has 2 atom stereocenters. The molecule has 0 amide bonds. The minimum atomic E-state index is -1.33. The Kier molecular flexibility index (Phi) is 9.14. The summed E-state index contributed by atoms with van der Waals surface area (Å²) in [5, 5.41) is 12.8.